The Morgan fingerprint density at radius 2 is 2.17 bits per heavy atom. The average molecular weight is 269 g/mol. The zero-order valence-corrected chi connectivity index (χ0v) is 9.83. The Morgan fingerprint density at radius 3 is 2.78 bits per heavy atom. The van der Waals surface area contributed by atoms with Gasteiger partial charge in [0.25, 0.3) is 0 Å². The summed E-state index contributed by atoms with van der Waals surface area (Å²) in [4.78, 5) is 18.3. The summed E-state index contributed by atoms with van der Waals surface area (Å²) in [6, 6.07) is 3.24. The van der Waals surface area contributed by atoms with Gasteiger partial charge in [0.15, 0.2) is 5.76 Å². The van der Waals surface area contributed by atoms with E-state index in [1.54, 1.807) is 12.1 Å². The van der Waals surface area contributed by atoms with Crippen molar-refractivity contribution in [3.05, 3.63) is 35.4 Å². The second-order valence-corrected chi connectivity index (χ2v) is 3.94. The number of aliphatic hydroxyl groups is 1. The van der Waals surface area contributed by atoms with E-state index in [0.717, 1.165) is 0 Å². The van der Waals surface area contributed by atoms with Gasteiger partial charge in [-0.25, -0.2) is 9.97 Å². The second-order valence-electron chi connectivity index (χ2n) is 3.55. The van der Waals surface area contributed by atoms with Gasteiger partial charge in [-0.1, -0.05) is 11.6 Å². The van der Waals surface area contributed by atoms with Crippen molar-refractivity contribution in [1.82, 2.24) is 9.97 Å². The number of carbonyl (C=O) groups is 1. The van der Waals surface area contributed by atoms with Crippen LogP contribution in [0.3, 0.4) is 0 Å². The number of hydrogen-bond acceptors (Lipinski definition) is 5. The van der Waals surface area contributed by atoms with Crippen molar-refractivity contribution in [2.75, 3.05) is 0 Å². The van der Waals surface area contributed by atoms with Gasteiger partial charge in [-0.3, -0.25) is 4.79 Å². The summed E-state index contributed by atoms with van der Waals surface area (Å²) >= 11 is 5.64. The van der Waals surface area contributed by atoms with Crippen molar-refractivity contribution in [1.29, 1.82) is 0 Å². The van der Waals surface area contributed by atoms with E-state index in [2.05, 4.69) is 9.97 Å². The monoisotopic (exact) mass is 268 g/mol. The number of carboxylic acids is 1. The summed E-state index contributed by atoms with van der Waals surface area (Å²) in [5.41, 5.74) is 0.591. The zero-order chi connectivity index (χ0) is 13.1. The van der Waals surface area contributed by atoms with Crippen LogP contribution in [0.4, 0.5) is 0 Å². The molecule has 0 aliphatic heterocycles. The summed E-state index contributed by atoms with van der Waals surface area (Å²) < 4.78 is 5.26. The van der Waals surface area contributed by atoms with Gasteiger partial charge in [0.2, 0.25) is 5.89 Å². The highest BCUT2D eigenvalue weighted by Gasteiger charge is 2.17. The molecule has 2 N–H and O–H groups in total. The predicted molar refractivity (Wildman–Crippen MR) is 62.0 cm³/mol. The maximum Gasteiger partial charge on any atom is 0.306 e. The Morgan fingerprint density at radius 1 is 1.39 bits per heavy atom. The molecule has 0 fully saturated rings. The van der Waals surface area contributed by atoms with Gasteiger partial charge >= 0.3 is 5.97 Å². The smallest absolute Gasteiger partial charge is 0.306 e. The summed E-state index contributed by atoms with van der Waals surface area (Å²) in [6.45, 7) is 0. The largest absolute Gasteiger partial charge is 0.481 e. The number of nitrogens with zero attached hydrogens (tertiary/aromatic N) is 2. The number of halogens is 1. The second kappa shape index (κ2) is 5.16. The minimum absolute atomic E-state index is 0.0994. The lowest BCUT2D eigenvalue weighted by molar-refractivity contribution is -0.139. The first-order valence-electron chi connectivity index (χ1n) is 5.04. The van der Waals surface area contributed by atoms with Crippen molar-refractivity contribution in [3.8, 4) is 11.5 Å². The molecule has 0 aliphatic rings. The lowest BCUT2D eigenvalue weighted by Gasteiger charge is -2.02. The minimum atomic E-state index is -1.22. The Hall–Kier alpha value is -1.92. The molecule has 1 atom stereocenters. The standard InChI is InChI=1S/C11H9ClN2O4/c12-9-2-1-6(4-13-9)11-14-5-8(18-11)7(15)3-10(16)17/h1-2,4-5,7,15H,3H2,(H,16,17). The third-order valence-corrected chi connectivity index (χ3v) is 2.42. The molecule has 2 aromatic rings. The molecule has 2 rings (SSSR count). The number of oxazole rings is 1. The van der Waals surface area contributed by atoms with E-state index >= 15 is 0 Å². The van der Waals surface area contributed by atoms with Crippen molar-refractivity contribution in [2.24, 2.45) is 0 Å². The summed E-state index contributed by atoms with van der Waals surface area (Å²) in [6.07, 6.45) is 1.11. The van der Waals surface area contributed by atoms with Crippen LogP contribution in [0.2, 0.25) is 5.15 Å². The number of pyridine rings is 1. The van der Waals surface area contributed by atoms with Crippen LogP contribution in [0.25, 0.3) is 11.5 Å². The van der Waals surface area contributed by atoms with Crippen LogP contribution in [0.5, 0.6) is 0 Å². The summed E-state index contributed by atoms with van der Waals surface area (Å²) in [5.74, 6) is -0.769. The molecule has 0 radical (unpaired) electrons. The molecule has 0 aromatic carbocycles. The van der Waals surface area contributed by atoms with Gasteiger partial charge in [-0.05, 0) is 12.1 Å². The molecule has 0 bridgehead atoms. The number of carboxylic acid groups (broad SMARTS) is 1. The Balaban J connectivity index is 2.19. The van der Waals surface area contributed by atoms with E-state index in [9.17, 15) is 9.90 Å². The highest BCUT2D eigenvalue weighted by molar-refractivity contribution is 6.29. The third kappa shape index (κ3) is 2.85. The Bertz CT molecular complexity index is 552. The SMILES string of the molecule is O=C(O)CC(O)c1cnc(-c2ccc(Cl)nc2)o1. The molecule has 1 unspecified atom stereocenters. The van der Waals surface area contributed by atoms with Crippen molar-refractivity contribution in [2.45, 2.75) is 12.5 Å². The molecular weight excluding hydrogens is 260 g/mol. The maximum atomic E-state index is 10.5. The normalized spacial score (nSPS) is 12.3. The van der Waals surface area contributed by atoms with Crippen LogP contribution in [-0.2, 0) is 4.79 Å². The topological polar surface area (TPSA) is 96.5 Å². The number of hydrogen-bond donors (Lipinski definition) is 2. The van der Waals surface area contributed by atoms with Crippen LogP contribution in [0.15, 0.2) is 28.9 Å². The molecule has 0 spiro atoms. The minimum Gasteiger partial charge on any atom is -0.481 e. The maximum absolute atomic E-state index is 10.5. The van der Waals surface area contributed by atoms with Gasteiger partial charge < -0.3 is 14.6 Å². The first-order valence-corrected chi connectivity index (χ1v) is 5.41. The molecule has 94 valence electrons. The number of aromatic nitrogens is 2. The van der Waals surface area contributed by atoms with Crippen LogP contribution < -0.4 is 0 Å². The van der Waals surface area contributed by atoms with Crippen LogP contribution in [-0.4, -0.2) is 26.2 Å². The van der Waals surface area contributed by atoms with Crippen molar-refractivity contribution in [3.63, 3.8) is 0 Å². The molecular formula is C11H9ClN2O4. The zero-order valence-electron chi connectivity index (χ0n) is 9.08. The Labute approximate surface area is 107 Å². The Kier molecular flexibility index (Phi) is 3.59. The quantitative estimate of drug-likeness (QED) is 0.822. The van der Waals surface area contributed by atoms with Gasteiger partial charge in [0.1, 0.15) is 11.3 Å². The fourth-order valence-electron chi connectivity index (χ4n) is 1.34. The highest BCUT2D eigenvalue weighted by atomic mass is 35.5. The molecule has 2 aromatic heterocycles. The van der Waals surface area contributed by atoms with Crippen LogP contribution >= 0.6 is 11.6 Å². The van der Waals surface area contributed by atoms with E-state index in [1.807, 2.05) is 0 Å². The molecule has 18 heavy (non-hydrogen) atoms. The van der Waals surface area contributed by atoms with E-state index in [4.69, 9.17) is 21.1 Å². The molecule has 2 heterocycles. The van der Waals surface area contributed by atoms with Crippen molar-refractivity contribution < 1.29 is 19.4 Å². The summed E-state index contributed by atoms with van der Waals surface area (Å²) in [7, 11) is 0. The molecule has 0 saturated heterocycles. The lowest BCUT2D eigenvalue weighted by Crippen LogP contribution is -2.04. The fraction of sp³-hybridized carbons (Fsp3) is 0.182. The van der Waals surface area contributed by atoms with Gasteiger partial charge in [0, 0.05) is 6.20 Å². The fourth-order valence-corrected chi connectivity index (χ4v) is 1.45. The van der Waals surface area contributed by atoms with Gasteiger partial charge in [-0.15, -0.1) is 0 Å². The first kappa shape index (κ1) is 12.5. The first-order chi connectivity index (χ1) is 8.56. The number of aliphatic carboxylic acids is 1. The number of rotatable bonds is 4. The molecule has 0 aliphatic carbocycles. The molecule has 0 amide bonds. The molecule has 7 heteroatoms. The summed E-state index contributed by atoms with van der Waals surface area (Å²) in [5, 5.41) is 18.4. The molecule has 6 nitrogen and oxygen atoms in total. The van der Waals surface area contributed by atoms with Crippen LogP contribution in [0, 0.1) is 0 Å². The lowest BCUT2D eigenvalue weighted by atomic mass is 10.2. The molecule has 0 saturated carbocycles. The van der Waals surface area contributed by atoms with Gasteiger partial charge in [0.05, 0.1) is 18.2 Å². The van der Waals surface area contributed by atoms with Crippen LogP contribution in [0.1, 0.15) is 18.3 Å². The van der Waals surface area contributed by atoms with Gasteiger partial charge in [-0.2, -0.15) is 0 Å². The van der Waals surface area contributed by atoms with E-state index < -0.39 is 18.5 Å². The average Bonchev–Trinajstić information content (AvgIpc) is 2.78. The highest BCUT2D eigenvalue weighted by Crippen LogP contribution is 2.24. The number of aliphatic hydroxyl groups excluding tert-OH is 1. The predicted octanol–water partition coefficient (Wildman–Crippen LogP) is 1.90. The van der Waals surface area contributed by atoms with Crippen molar-refractivity contribution >= 4 is 17.6 Å². The third-order valence-electron chi connectivity index (χ3n) is 2.19. The van der Waals surface area contributed by atoms with E-state index in [-0.39, 0.29) is 11.7 Å². The van der Waals surface area contributed by atoms with E-state index in [1.165, 1.54) is 12.4 Å². The van der Waals surface area contributed by atoms with E-state index in [0.29, 0.717) is 10.7 Å².